The predicted molar refractivity (Wildman–Crippen MR) is 116 cm³/mol. The molecule has 0 radical (unpaired) electrons. The Balaban J connectivity index is 1.41. The zero-order valence-electron chi connectivity index (χ0n) is 17.1. The van der Waals surface area contributed by atoms with Crippen LogP contribution < -0.4 is 10.9 Å². The molecule has 6 heteroatoms. The zero-order valence-corrected chi connectivity index (χ0v) is 17.1. The van der Waals surface area contributed by atoms with Crippen LogP contribution in [0, 0.1) is 6.92 Å². The minimum absolute atomic E-state index is 0.0491. The van der Waals surface area contributed by atoms with Gasteiger partial charge in [-0.2, -0.15) is 0 Å². The fourth-order valence-electron chi connectivity index (χ4n) is 3.36. The molecule has 1 heterocycles. The van der Waals surface area contributed by atoms with Crippen LogP contribution in [0.3, 0.4) is 0 Å². The van der Waals surface area contributed by atoms with Crippen LogP contribution in [0.1, 0.15) is 24.0 Å². The summed E-state index contributed by atoms with van der Waals surface area (Å²) in [7, 11) is 2.08. The Morgan fingerprint density at radius 1 is 1.14 bits per heavy atom. The van der Waals surface area contributed by atoms with Gasteiger partial charge in [0.15, 0.2) is 0 Å². The largest absolute Gasteiger partial charge is 0.356 e. The van der Waals surface area contributed by atoms with Crippen LogP contribution in [0.4, 0.5) is 0 Å². The molecule has 2 aromatic carbocycles. The maximum atomic E-state index is 12.6. The van der Waals surface area contributed by atoms with E-state index in [9.17, 15) is 9.59 Å². The van der Waals surface area contributed by atoms with Gasteiger partial charge in [-0.1, -0.05) is 42.5 Å². The molecule has 0 aliphatic rings. The van der Waals surface area contributed by atoms with E-state index < -0.39 is 0 Å². The van der Waals surface area contributed by atoms with Crippen molar-refractivity contribution < 1.29 is 4.79 Å². The summed E-state index contributed by atoms with van der Waals surface area (Å²) in [6, 6.07) is 15.9. The van der Waals surface area contributed by atoms with Gasteiger partial charge < -0.3 is 10.2 Å². The number of nitrogens with zero attached hydrogens (tertiary/aromatic N) is 3. The van der Waals surface area contributed by atoms with Gasteiger partial charge in [-0.05, 0) is 44.1 Å². The van der Waals surface area contributed by atoms with Crippen molar-refractivity contribution in [3.8, 4) is 0 Å². The quantitative estimate of drug-likeness (QED) is 0.569. The van der Waals surface area contributed by atoms with Crippen LogP contribution >= 0.6 is 0 Å². The summed E-state index contributed by atoms with van der Waals surface area (Å²) in [5, 5.41) is 3.53. The summed E-state index contributed by atoms with van der Waals surface area (Å²) in [5.41, 5.74) is 2.87. The van der Waals surface area contributed by atoms with Crippen LogP contribution in [0.5, 0.6) is 0 Å². The number of para-hydroxylation sites is 1. The van der Waals surface area contributed by atoms with Gasteiger partial charge in [-0.15, -0.1) is 0 Å². The number of hydrogen-bond acceptors (Lipinski definition) is 4. The predicted octanol–water partition coefficient (Wildman–Crippen LogP) is 2.73. The van der Waals surface area contributed by atoms with Crippen molar-refractivity contribution >= 4 is 16.8 Å². The fraction of sp³-hybridized carbons (Fsp3) is 0.348. The van der Waals surface area contributed by atoms with Crippen molar-refractivity contribution in [3.63, 3.8) is 0 Å². The molecule has 0 saturated heterocycles. The van der Waals surface area contributed by atoms with Crippen molar-refractivity contribution in [2.75, 3.05) is 20.1 Å². The summed E-state index contributed by atoms with van der Waals surface area (Å²) < 4.78 is 1.51. The molecular formula is C23H28N4O2. The van der Waals surface area contributed by atoms with E-state index in [1.807, 2.05) is 37.3 Å². The highest BCUT2D eigenvalue weighted by Crippen LogP contribution is 2.11. The second-order valence-electron chi connectivity index (χ2n) is 7.39. The second-order valence-corrected chi connectivity index (χ2v) is 7.39. The van der Waals surface area contributed by atoms with E-state index in [-0.39, 0.29) is 17.9 Å². The van der Waals surface area contributed by atoms with E-state index in [0.717, 1.165) is 30.6 Å². The second kappa shape index (κ2) is 9.98. The van der Waals surface area contributed by atoms with Gasteiger partial charge in [0.25, 0.3) is 5.56 Å². The lowest BCUT2D eigenvalue weighted by Gasteiger charge is -2.16. The average Bonchev–Trinajstić information content (AvgIpc) is 2.72. The Hall–Kier alpha value is -2.99. The highest BCUT2D eigenvalue weighted by molar-refractivity contribution is 5.80. The minimum Gasteiger partial charge on any atom is -0.356 e. The third-order valence-corrected chi connectivity index (χ3v) is 4.97. The molecule has 152 valence electrons. The Kier molecular flexibility index (Phi) is 7.14. The molecule has 6 nitrogen and oxygen atoms in total. The van der Waals surface area contributed by atoms with Crippen molar-refractivity contribution in [2.45, 2.75) is 32.9 Å². The maximum Gasteiger partial charge on any atom is 0.261 e. The minimum atomic E-state index is -0.103. The lowest BCUT2D eigenvalue weighted by Crippen LogP contribution is -2.30. The van der Waals surface area contributed by atoms with Gasteiger partial charge in [0.2, 0.25) is 5.91 Å². The van der Waals surface area contributed by atoms with E-state index in [1.165, 1.54) is 16.5 Å². The SMILES string of the molecule is Cc1cccc2c(=O)n(CCC(=O)NCCCN(C)Cc3ccccc3)cnc12. The number of carbonyl (C=O) groups is 1. The molecule has 1 amide bonds. The van der Waals surface area contributed by atoms with E-state index in [2.05, 4.69) is 34.4 Å². The number of carbonyl (C=O) groups excluding carboxylic acids is 1. The first kappa shape index (κ1) is 20.7. The normalized spacial score (nSPS) is 11.1. The Bertz CT molecular complexity index is 1010. The molecule has 0 saturated carbocycles. The summed E-state index contributed by atoms with van der Waals surface area (Å²) >= 11 is 0. The van der Waals surface area contributed by atoms with Crippen molar-refractivity contribution in [1.82, 2.24) is 19.8 Å². The molecule has 3 rings (SSSR count). The molecule has 0 aliphatic heterocycles. The number of hydrogen-bond donors (Lipinski definition) is 1. The van der Waals surface area contributed by atoms with Gasteiger partial charge in [-0.25, -0.2) is 4.98 Å². The van der Waals surface area contributed by atoms with Crippen LogP contribution in [0.25, 0.3) is 10.9 Å². The fourth-order valence-corrected chi connectivity index (χ4v) is 3.36. The van der Waals surface area contributed by atoms with Crippen LogP contribution in [0.15, 0.2) is 59.7 Å². The van der Waals surface area contributed by atoms with Gasteiger partial charge in [0.1, 0.15) is 0 Å². The smallest absolute Gasteiger partial charge is 0.261 e. The highest BCUT2D eigenvalue weighted by atomic mass is 16.1. The standard InChI is InChI=1S/C23H28N4O2/c1-18-8-6-11-20-22(18)25-17-27(23(20)29)15-12-21(28)24-13-7-14-26(2)16-19-9-4-3-5-10-19/h3-6,8-11,17H,7,12-16H2,1-2H3,(H,24,28). The van der Waals surface area contributed by atoms with E-state index >= 15 is 0 Å². The summed E-state index contributed by atoms with van der Waals surface area (Å²) in [6.45, 7) is 4.69. The Morgan fingerprint density at radius 2 is 1.93 bits per heavy atom. The lowest BCUT2D eigenvalue weighted by atomic mass is 10.1. The topological polar surface area (TPSA) is 67.2 Å². The van der Waals surface area contributed by atoms with Crippen molar-refractivity contribution in [2.24, 2.45) is 0 Å². The van der Waals surface area contributed by atoms with E-state index in [1.54, 1.807) is 6.07 Å². The first-order valence-corrected chi connectivity index (χ1v) is 9.98. The molecule has 0 unspecified atom stereocenters. The number of nitrogens with one attached hydrogen (secondary N) is 1. The maximum absolute atomic E-state index is 12.6. The third-order valence-electron chi connectivity index (χ3n) is 4.97. The van der Waals surface area contributed by atoms with E-state index in [4.69, 9.17) is 0 Å². The van der Waals surface area contributed by atoms with Gasteiger partial charge in [0, 0.05) is 26.1 Å². The molecule has 1 aromatic heterocycles. The molecular weight excluding hydrogens is 364 g/mol. The van der Waals surface area contributed by atoms with Crippen LogP contribution in [0.2, 0.25) is 0 Å². The third kappa shape index (κ3) is 5.74. The molecule has 29 heavy (non-hydrogen) atoms. The highest BCUT2D eigenvalue weighted by Gasteiger charge is 2.08. The summed E-state index contributed by atoms with van der Waals surface area (Å²) in [4.78, 5) is 31.3. The number of aryl methyl sites for hydroxylation is 2. The Labute approximate surface area is 171 Å². The van der Waals surface area contributed by atoms with E-state index in [0.29, 0.717) is 18.5 Å². The Morgan fingerprint density at radius 3 is 2.72 bits per heavy atom. The molecule has 0 fully saturated rings. The number of fused-ring (bicyclic) bond motifs is 1. The molecule has 0 aliphatic carbocycles. The monoisotopic (exact) mass is 392 g/mol. The molecule has 3 aromatic rings. The van der Waals surface area contributed by atoms with Gasteiger partial charge >= 0.3 is 0 Å². The summed E-state index contributed by atoms with van der Waals surface area (Å²) in [5.74, 6) is -0.0491. The van der Waals surface area contributed by atoms with Crippen molar-refractivity contribution in [1.29, 1.82) is 0 Å². The lowest BCUT2D eigenvalue weighted by molar-refractivity contribution is -0.121. The number of amides is 1. The zero-order chi connectivity index (χ0) is 20.6. The average molecular weight is 393 g/mol. The number of benzene rings is 2. The van der Waals surface area contributed by atoms with Crippen LogP contribution in [-0.2, 0) is 17.9 Å². The van der Waals surface area contributed by atoms with Crippen molar-refractivity contribution in [3.05, 3.63) is 76.3 Å². The molecule has 0 atom stereocenters. The van der Waals surface area contributed by atoms with Crippen LogP contribution in [-0.4, -0.2) is 40.5 Å². The first-order chi connectivity index (χ1) is 14.0. The molecule has 0 bridgehead atoms. The first-order valence-electron chi connectivity index (χ1n) is 9.98. The van der Waals surface area contributed by atoms with Gasteiger partial charge in [-0.3, -0.25) is 14.2 Å². The van der Waals surface area contributed by atoms with Gasteiger partial charge in [0.05, 0.1) is 17.2 Å². The number of rotatable bonds is 9. The number of aromatic nitrogens is 2. The summed E-state index contributed by atoms with van der Waals surface area (Å²) in [6.07, 6.45) is 2.67. The molecule has 0 spiro atoms. The molecule has 1 N–H and O–H groups in total.